The van der Waals surface area contributed by atoms with E-state index in [-0.39, 0.29) is 0 Å². The smallest absolute Gasteiger partial charge is 0.287 e. The van der Waals surface area contributed by atoms with Crippen LogP contribution >= 0.6 is 11.6 Å². The van der Waals surface area contributed by atoms with E-state index in [1.807, 2.05) is 6.07 Å². The number of aliphatic hydroxyl groups excluding tert-OH is 1. The molecule has 1 N–H and O–H groups in total. The number of benzene rings is 1. The number of aliphatic hydroxyl groups is 1. The van der Waals surface area contributed by atoms with E-state index in [0.29, 0.717) is 0 Å². The Morgan fingerprint density at radius 3 is 2.27 bits per heavy atom. The molecule has 1 aromatic rings. The SMILES string of the molecule is CC(c1ccccc1)C(O)C(Cl)=C(F)F. The zero-order valence-electron chi connectivity index (χ0n) is 8.12. The van der Waals surface area contributed by atoms with Gasteiger partial charge in [0.05, 0.1) is 0 Å². The van der Waals surface area contributed by atoms with Gasteiger partial charge in [0, 0.05) is 5.92 Å². The highest BCUT2D eigenvalue weighted by molar-refractivity contribution is 6.30. The number of hydrogen-bond donors (Lipinski definition) is 1. The van der Waals surface area contributed by atoms with Crippen molar-refractivity contribution in [2.45, 2.75) is 18.9 Å². The van der Waals surface area contributed by atoms with Gasteiger partial charge in [0.2, 0.25) is 0 Å². The number of rotatable bonds is 3. The Morgan fingerprint density at radius 2 is 1.80 bits per heavy atom. The van der Waals surface area contributed by atoms with Gasteiger partial charge in [-0.25, -0.2) is 0 Å². The molecular weight excluding hydrogens is 222 g/mol. The van der Waals surface area contributed by atoms with E-state index < -0.39 is 23.1 Å². The Morgan fingerprint density at radius 1 is 1.27 bits per heavy atom. The predicted molar refractivity (Wildman–Crippen MR) is 56.0 cm³/mol. The molecule has 0 saturated carbocycles. The summed E-state index contributed by atoms with van der Waals surface area (Å²) in [5.41, 5.74) is 0.768. The minimum atomic E-state index is -2.04. The molecular formula is C11H11ClF2O. The second-order valence-electron chi connectivity index (χ2n) is 3.25. The lowest BCUT2D eigenvalue weighted by atomic mass is 9.95. The molecule has 15 heavy (non-hydrogen) atoms. The minimum absolute atomic E-state index is 0.458. The van der Waals surface area contributed by atoms with Crippen molar-refractivity contribution in [3.8, 4) is 0 Å². The third-order valence-electron chi connectivity index (χ3n) is 2.24. The molecule has 0 aromatic heterocycles. The molecule has 0 aliphatic heterocycles. The molecule has 0 radical (unpaired) electrons. The van der Waals surface area contributed by atoms with Gasteiger partial charge in [0.1, 0.15) is 11.1 Å². The zero-order chi connectivity index (χ0) is 11.4. The molecule has 0 bridgehead atoms. The summed E-state index contributed by atoms with van der Waals surface area (Å²) in [6.07, 6.45) is -3.40. The summed E-state index contributed by atoms with van der Waals surface area (Å²) in [6, 6.07) is 8.89. The highest BCUT2D eigenvalue weighted by Gasteiger charge is 2.22. The first-order valence-corrected chi connectivity index (χ1v) is 4.85. The second-order valence-corrected chi connectivity index (χ2v) is 3.66. The van der Waals surface area contributed by atoms with Gasteiger partial charge >= 0.3 is 0 Å². The van der Waals surface area contributed by atoms with E-state index in [2.05, 4.69) is 0 Å². The van der Waals surface area contributed by atoms with Gasteiger partial charge in [-0.2, -0.15) is 8.78 Å². The highest BCUT2D eigenvalue weighted by Crippen LogP contribution is 2.28. The van der Waals surface area contributed by atoms with Crippen LogP contribution in [0.3, 0.4) is 0 Å². The van der Waals surface area contributed by atoms with Gasteiger partial charge in [0.15, 0.2) is 0 Å². The van der Waals surface area contributed by atoms with Crippen molar-refractivity contribution < 1.29 is 13.9 Å². The summed E-state index contributed by atoms with van der Waals surface area (Å²) in [7, 11) is 0. The zero-order valence-corrected chi connectivity index (χ0v) is 8.88. The molecule has 1 nitrogen and oxygen atoms in total. The maximum atomic E-state index is 12.1. The number of halogens is 3. The van der Waals surface area contributed by atoms with Crippen LogP contribution in [-0.4, -0.2) is 11.2 Å². The van der Waals surface area contributed by atoms with Crippen molar-refractivity contribution in [3.63, 3.8) is 0 Å². The molecule has 0 aliphatic rings. The fraction of sp³-hybridized carbons (Fsp3) is 0.273. The molecule has 1 aromatic carbocycles. The van der Waals surface area contributed by atoms with E-state index in [9.17, 15) is 13.9 Å². The van der Waals surface area contributed by atoms with Crippen molar-refractivity contribution in [3.05, 3.63) is 47.0 Å². The maximum absolute atomic E-state index is 12.1. The van der Waals surface area contributed by atoms with Crippen LogP contribution in [0.25, 0.3) is 0 Å². The largest absolute Gasteiger partial charge is 0.387 e. The lowest BCUT2D eigenvalue weighted by Crippen LogP contribution is -2.16. The molecule has 0 fully saturated rings. The molecule has 2 atom stereocenters. The van der Waals surface area contributed by atoms with Crippen LogP contribution in [0.4, 0.5) is 8.78 Å². The lowest BCUT2D eigenvalue weighted by molar-refractivity contribution is 0.185. The van der Waals surface area contributed by atoms with E-state index >= 15 is 0 Å². The van der Waals surface area contributed by atoms with E-state index in [1.165, 1.54) is 0 Å². The van der Waals surface area contributed by atoms with Crippen molar-refractivity contribution in [2.24, 2.45) is 0 Å². The Kier molecular flexibility index (Phi) is 4.24. The van der Waals surface area contributed by atoms with Gasteiger partial charge in [-0.1, -0.05) is 48.9 Å². The Labute approximate surface area is 92.0 Å². The molecule has 0 spiro atoms. The van der Waals surface area contributed by atoms with Crippen LogP contribution in [0, 0.1) is 0 Å². The van der Waals surface area contributed by atoms with Crippen molar-refractivity contribution in [1.29, 1.82) is 0 Å². The van der Waals surface area contributed by atoms with Crippen molar-refractivity contribution in [1.82, 2.24) is 0 Å². The molecule has 1 rings (SSSR count). The van der Waals surface area contributed by atoms with Crippen LogP contribution < -0.4 is 0 Å². The Bertz CT molecular complexity index is 347. The van der Waals surface area contributed by atoms with Crippen molar-refractivity contribution in [2.75, 3.05) is 0 Å². The molecule has 4 heteroatoms. The summed E-state index contributed by atoms with van der Waals surface area (Å²) in [4.78, 5) is 0. The van der Waals surface area contributed by atoms with Crippen LogP contribution in [0.2, 0.25) is 0 Å². The Hall–Kier alpha value is -0.930. The summed E-state index contributed by atoms with van der Waals surface area (Å²) in [5.74, 6) is -0.458. The van der Waals surface area contributed by atoms with Gasteiger partial charge in [-0.3, -0.25) is 0 Å². The first-order valence-electron chi connectivity index (χ1n) is 4.47. The first-order chi connectivity index (χ1) is 7.04. The quantitative estimate of drug-likeness (QED) is 0.846. The average molecular weight is 233 g/mol. The standard InChI is InChI=1S/C11H11ClF2O/c1-7(8-5-3-2-4-6-8)10(15)9(12)11(13)14/h2-7,10,15H,1H3. The second kappa shape index (κ2) is 5.24. The van der Waals surface area contributed by atoms with Crippen LogP contribution in [0.5, 0.6) is 0 Å². The normalized spacial score (nSPS) is 14.5. The van der Waals surface area contributed by atoms with E-state index in [1.54, 1.807) is 31.2 Å². The van der Waals surface area contributed by atoms with Gasteiger partial charge in [-0.05, 0) is 5.56 Å². The summed E-state index contributed by atoms with van der Waals surface area (Å²) >= 11 is 5.29. The lowest BCUT2D eigenvalue weighted by Gasteiger charge is -2.17. The molecule has 0 amide bonds. The maximum Gasteiger partial charge on any atom is 0.287 e. The first kappa shape index (κ1) is 12.1. The topological polar surface area (TPSA) is 20.2 Å². The van der Waals surface area contributed by atoms with Gasteiger partial charge in [-0.15, -0.1) is 0 Å². The fourth-order valence-electron chi connectivity index (χ4n) is 1.27. The van der Waals surface area contributed by atoms with Crippen LogP contribution in [-0.2, 0) is 0 Å². The van der Waals surface area contributed by atoms with Gasteiger partial charge < -0.3 is 5.11 Å². The van der Waals surface area contributed by atoms with Crippen LogP contribution in [0.1, 0.15) is 18.4 Å². The summed E-state index contributed by atoms with van der Waals surface area (Å²) in [5, 5.41) is 8.75. The molecule has 0 heterocycles. The molecule has 2 unspecified atom stereocenters. The third kappa shape index (κ3) is 3.01. The van der Waals surface area contributed by atoms with Crippen molar-refractivity contribution >= 4 is 11.6 Å². The van der Waals surface area contributed by atoms with E-state index in [0.717, 1.165) is 5.56 Å². The highest BCUT2D eigenvalue weighted by atomic mass is 35.5. The minimum Gasteiger partial charge on any atom is -0.387 e. The van der Waals surface area contributed by atoms with Crippen LogP contribution in [0.15, 0.2) is 41.4 Å². The predicted octanol–water partition coefficient (Wildman–Crippen LogP) is 3.50. The van der Waals surface area contributed by atoms with E-state index in [4.69, 9.17) is 11.6 Å². The third-order valence-corrected chi connectivity index (χ3v) is 2.61. The monoisotopic (exact) mass is 232 g/mol. The Balaban J connectivity index is 2.87. The molecule has 0 aliphatic carbocycles. The fourth-order valence-corrected chi connectivity index (χ4v) is 1.46. The molecule has 82 valence electrons. The van der Waals surface area contributed by atoms with Gasteiger partial charge in [0.25, 0.3) is 6.08 Å². The number of hydrogen-bond acceptors (Lipinski definition) is 1. The summed E-state index contributed by atoms with van der Waals surface area (Å²) < 4.78 is 24.3. The summed E-state index contributed by atoms with van der Waals surface area (Å²) in [6.45, 7) is 1.64. The molecule has 0 saturated heterocycles. The average Bonchev–Trinajstić information content (AvgIpc) is 2.27.